The number of benzene rings is 2. The van der Waals surface area contributed by atoms with E-state index in [-0.39, 0.29) is 17.8 Å². The van der Waals surface area contributed by atoms with E-state index in [1.165, 1.54) is 23.3 Å². The molecule has 0 N–H and O–H groups in total. The first-order valence-corrected chi connectivity index (χ1v) is 8.58. The van der Waals surface area contributed by atoms with Gasteiger partial charge in [0.25, 0.3) is 0 Å². The van der Waals surface area contributed by atoms with Crippen LogP contribution in [0, 0.1) is 19.7 Å². The van der Waals surface area contributed by atoms with Gasteiger partial charge in [-0.05, 0) is 61.7 Å². The predicted molar refractivity (Wildman–Crippen MR) is 94.2 cm³/mol. The second-order valence-corrected chi connectivity index (χ2v) is 6.82. The van der Waals surface area contributed by atoms with Crippen molar-refractivity contribution >= 4 is 17.7 Å². The standard InChI is InChI=1S/C19H22FNOS/c1-13-5-10-18(11-14(13)2)23-12-19(22)21(4)15(3)16-6-8-17(20)9-7-16/h5-11,15H,12H2,1-4H3. The normalized spacial score (nSPS) is 12.0. The maximum Gasteiger partial charge on any atom is 0.233 e. The van der Waals surface area contributed by atoms with E-state index in [9.17, 15) is 9.18 Å². The largest absolute Gasteiger partial charge is 0.338 e. The van der Waals surface area contributed by atoms with Gasteiger partial charge in [0.15, 0.2) is 0 Å². The highest BCUT2D eigenvalue weighted by Gasteiger charge is 2.17. The number of hydrogen-bond donors (Lipinski definition) is 0. The summed E-state index contributed by atoms with van der Waals surface area (Å²) in [5.74, 6) is 0.190. The maximum absolute atomic E-state index is 13.0. The predicted octanol–water partition coefficient (Wildman–Crippen LogP) is 4.75. The Hall–Kier alpha value is -1.81. The van der Waals surface area contributed by atoms with Crippen molar-refractivity contribution in [1.82, 2.24) is 4.90 Å². The minimum absolute atomic E-state index is 0.0602. The van der Waals surface area contributed by atoms with Gasteiger partial charge < -0.3 is 4.90 Å². The van der Waals surface area contributed by atoms with Crippen molar-refractivity contribution in [3.63, 3.8) is 0 Å². The summed E-state index contributed by atoms with van der Waals surface area (Å²) in [6, 6.07) is 12.4. The van der Waals surface area contributed by atoms with E-state index in [0.29, 0.717) is 5.75 Å². The van der Waals surface area contributed by atoms with Crippen LogP contribution in [0.5, 0.6) is 0 Å². The highest BCUT2D eigenvalue weighted by atomic mass is 32.2. The lowest BCUT2D eigenvalue weighted by molar-refractivity contribution is -0.128. The van der Waals surface area contributed by atoms with Crippen molar-refractivity contribution in [3.05, 3.63) is 65.0 Å². The maximum atomic E-state index is 13.0. The Morgan fingerprint density at radius 1 is 1.13 bits per heavy atom. The molecule has 0 saturated heterocycles. The first kappa shape index (κ1) is 17.5. The van der Waals surface area contributed by atoms with Crippen LogP contribution in [0.3, 0.4) is 0 Å². The summed E-state index contributed by atoms with van der Waals surface area (Å²) in [4.78, 5) is 15.2. The first-order chi connectivity index (χ1) is 10.9. The number of halogens is 1. The van der Waals surface area contributed by atoms with Gasteiger partial charge in [0, 0.05) is 11.9 Å². The fourth-order valence-electron chi connectivity index (χ4n) is 2.23. The molecule has 1 atom stereocenters. The van der Waals surface area contributed by atoms with Crippen molar-refractivity contribution in [2.45, 2.75) is 31.7 Å². The molecule has 0 aliphatic heterocycles. The fourth-order valence-corrected chi connectivity index (χ4v) is 3.15. The van der Waals surface area contributed by atoms with Crippen molar-refractivity contribution in [3.8, 4) is 0 Å². The molecule has 2 rings (SSSR count). The summed E-state index contributed by atoms with van der Waals surface area (Å²) in [5, 5.41) is 0. The smallest absolute Gasteiger partial charge is 0.233 e. The quantitative estimate of drug-likeness (QED) is 0.737. The summed E-state index contributed by atoms with van der Waals surface area (Å²) >= 11 is 1.54. The third-order valence-electron chi connectivity index (χ3n) is 4.17. The molecule has 2 nitrogen and oxygen atoms in total. The van der Waals surface area contributed by atoms with Crippen LogP contribution < -0.4 is 0 Å². The molecule has 0 aliphatic carbocycles. The van der Waals surface area contributed by atoms with Crippen LogP contribution in [0.25, 0.3) is 0 Å². The SMILES string of the molecule is Cc1ccc(SCC(=O)N(C)C(C)c2ccc(F)cc2)cc1C. The first-order valence-electron chi connectivity index (χ1n) is 7.59. The van der Waals surface area contributed by atoms with Crippen LogP contribution in [-0.4, -0.2) is 23.6 Å². The van der Waals surface area contributed by atoms with E-state index in [4.69, 9.17) is 0 Å². The average molecular weight is 331 g/mol. The van der Waals surface area contributed by atoms with Gasteiger partial charge >= 0.3 is 0 Å². The van der Waals surface area contributed by atoms with Crippen LogP contribution in [0.4, 0.5) is 4.39 Å². The molecule has 0 aliphatic rings. The highest BCUT2D eigenvalue weighted by Crippen LogP contribution is 2.24. The van der Waals surface area contributed by atoms with Gasteiger partial charge in [0.1, 0.15) is 5.82 Å². The zero-order valence-corrected chi connectivity index (χ0v) is 14.8. The lowest BCUT2D eigenvalue weighted by Crippen LogP contribution is -2.31. The van der Waals surface area contributed by atoms with Gasteiger partial charge in [0.2, 0.25) is 5.91 Å². The van der Waals surface area contributed by atoms with Gasteiger partial charge in [-0.3, -0.25) is 4.79 Å². The number of amides is 1. The number of nitrogens with zero attached hydrogens (tertiary/aromatic N) is 1. The molecule has 4 heteroatoms. The molecule has 2 aromatic carbocycles. The summed E-state index contributed by atoms with van der Waals surface area (Å²) in [6.45, 7) is 6.10. The molecule has 23 heavy (non-hydrogen) atoms. The van der Waals surface area contributed by atoms with Gasteiger partial charge in [-0.2, -0.15) is 0 Å². The number of carbonyl (C=O) groups is 1. The average Bonchev–Trinajstić information content (AvgIpc) is 2.55. The van der Waals surface area contributed by atoms with Crippen molar-refractivity contribution in [2.24, 2.45) is 0 Å². The molecule has 0 spiro atoms. The van der Waals surface area contributed by atoms with E-state index >= 15 is 0 Å². The van der Waals surface area contributed by atoms with Crippen LogP contribution in [0.1, 0.15) is 29.7 Å². The second-order valence-electron chi connectivity index (χ2n) is 5.77. The van der Waals surface area contributed by atoms with Gasteiger partial charge in [-0.25, -0.2) is 4.39 Å². The Morgan fingerprint density at radius 2 is 1.78 bits per heavy atom. The Morgan fingerprint density at radius 3 is 2.39 bits per heavy atom. The Bertz CT molecular complexity index is 684. The summed E-state index contributed by atoms with van der Waals surface area (Å²) in [7, 11) is 1.79. The minimum atomic E-state index is -0.264. The summed E-state index contributed by atoms with van der Waals surface area (Å²) in [5.41, 5.74) is 3.41. The number of rotatable bonds is 5. The second kappa shape index (κ2) is 7.64. The lowest BCUT2D eigenvalue weighted by atomic mass is 10.1. The van der Waals surface area contributed by atoms with Crippen LogP contribution >= 0.6 is 11.8 Å². The highest BCUT2D eigenvalue weighted by molar-refractivity contribution is 8.00. The number of carbonyl (C=O) groups excluding carboxylic acids is 1. The topological polar surface area (TPSA) is 20.3 Å². The van der Waals surface area contributed by atoms with Crippen LogP contribution in [0.2, 0.25) is 0 Å². The van der Waals surface area contributed by atoms with E-state index in [0.717, 1.165) is 10.5 Å². The molecule has 1 amide bonds. The fraction of sp³-hybridized carbons (Fsp3) is 0.316. The minimum Gasteiger partial charge on any atom is -0.338 e. The van der Waals surface area contributed by atoms with Gasteiger partial charge in [-0.15, -0.1) is 11.8 Å². The van der Waals surface area contributed by atoms with Crippen LogP contribution in [-0.2, 0) is 4.79 Å². The van der Waals surface area contributed by atoms with Gasteiger partial charge in [-0.1, -0.05) is 18.2 Å². The lowest BCUT2D eigenvalue weighted by Gasteiger charge is -2.25. The van der Waals surface area contributed by atoms with Crippen LogP contribution in [0.15, 0.2) is 47.4 Å². The van der Waals surface area contributed by atoms with Crippen molar-refractivity contribution < 1.29 is 9.18 Å². The molecule has 0 radical (unpaired) electrons. The molecule has 2 aromatic rings. The zero-order valence-electron chi connectivity index (χ0n) is 14.0. The van der Waals surface area contributed by atoms with E-state index < -0.39 is 0 Å². The third-order valence-corrected chi connectivity index (χ3v) is 5.15. The van der Waals surface area contributed by atoms with Crippen molar-refractivity contribution in [1.29, 1.82) is 0 Å². The van der Waals surface area contributed by atoms with E-state index in [1.807, 2.05) is 13.0 Å². The monoisotopic (exact) mass is 331 g/mol. The molecule has 1 unspecified atom stereocenters. The molecule has 0 aromatic heterocycles. The molecule has 0 fully saturated rings. The van der Waals surface area contributed by atoms with Crippen molar-refractivity contribution in [2.75, 3.05) is 12.8 Å². The summed E-state index contributed by atoms with van der Waals surface area (Å²) in [6.07, 6.45) is 0. The third kappa shape index (κ3) is 4.58. The number of thioether (sulfide) groups is 1. The number of aryl methyl sites for hydroxylation is 2. The van der Waals surface area contributed by atoms with E-state index in [2.05, 4.69) is 26.0 Å². The Labute approximate surface area is 141 Å². The Balaban J connectivity index is 1.96. The van der Waals surface area contributed by atoms with Gasteiger partial charge in [0.05, 0.1) is 11.8 Å². The molecule has 0 heterocycles. The Kier molecular flexibility index (Phi) is 5.83. The van der Waals surface area contributed by atoms with E-state index in [1.54, 1.807) is 35.8 Å². The summed E-state index contributed by atoms with van der Waals surface area (Å²) < 4.78 is 13.0. The number of hydrogen-bond acceptors (Lipinski definition) is 2. The molecular weight excluding hydrogens is 309 g/mol. The zero-order chi connectivity index (χ0) is 17.0. The molecule has 0 bridgehead atoms. The molecule has 0 saturated carbocycles. The molecule has 122 valence electrons. The molecular formula is C19H22FNOS.